The average molecular weight is 311 g/mol. The number of H-pyrrole nitrogens is 1. The van der Waals surface area contributed by atoms with Crippen molar-refractivity contribution in [1.82, 2.24) is 15.1 Å². The third kappa shape index (κ3) is 5.71. The van der Waals surface area contributed by atoms with Crippen molar-refractivity contribution in [2.45, 2.75) is 6.42 Å². The average Bonchev–Trinajstić information content (AvgIpc) is 2.48. The summed E-state index contributed by atoms with van der Waals surface area (Å²) in [5.74, 6) is -2.68. The van der Waals surface area contributed by atoms with Crippen molar-refractivity contribution in [1.29, 1.82) is 0 Å². The number of nitrogens with zero attached hydrogens (tertiary/aromatic N) is 2. The summed E-state index contributed by atoms with van der Waals surface area (Å²) >= 11 is 0. The van der Waals surface area contributed by atoms with Gasteiger partial charge in [-0.1, -0.05) is 0 Å². The first kappa shape index (κ1) is 17.3. The molecule has 10 nitrogen and oxygen atoms in total. The second-order valence-corrected chi connectivity index (χ2v) is 4.32. The summed E-state index contributed by atoms with van der Waals surface area (Å²) in [5, 5.41) is 17.3. The van der Waals surface area contributed by atoms with Crippen LogP contribution in [0.25, 0.3) is 0 Å². The second kappa shape index (κ2) is 8.52. The number of rotatable bonds is 9. The van der Waals surface area contributed by atoms with Gasteiger partial charge in [0, 0.05) is 32.1 Å². The molecule has 0 radical (unpaired) electrons. The van der Waals surface area contributed by atoms with E-state index in [0.717, 1.165) is 4.90 Å². The number of nitrogens with two attached hydrogens (primary N) is 1. The number of anilines is 1. The molecule has 1 rings (SSSR count). The van der Waals surface area contributed by atoms with Gasteiger partial charge in [0.2, 0.25) is 5.91 Å². The van der Waals surface area contributed by atoms with Crippen LogP contribution in [0.2, 0.25) is 0 Å². The molecule has 0 aliphatic rings. The van der Waals surface area contributed by atoms with Crippen molar-refractivity contribution < 1.29 is 19.5 Å². The number of Topliss-reactive ketones (excluding diaryl/α,β-unsaturated/α-hetero) is 1. The highest BCUT2D eigenvalue weighted by Gasteiger charge is 2.20. The lowest BCUT2D eigenvalue weighted by Crippen LogP contribution is -2.41. The largest absolute Gasteiger partial charge is 0.475 e. The molecule has 1 aromatic heterocycles. The van der Waals surface area contributed by atoms with E-state index in [1.807, 2.05) is 0 Å². The molecular weight excluding hydrogens is 294 g/mol. The third-order valence-corrected chi connectivity index (χ3v) is 2.65. The van der Waals surface area contributed by atoms with E-state index < -0.39 is 24.2 Å². The van der Waals surface area contributed by atoms with E-state index in [4.69, 9.17) is 10.8 Å². The molecule has 0 aromatic carbocycles. The van der Waals surface area contributed by atoms with Gasteiger partial charge in [-0.15, -0.1) is 0 Å². The van der Waals surface area contributed by atoms with Crippen LogP contribution in [0.5, 0.6) is 0 Å². The molecule has 0 atom stereocenters. The van der Waals surface area contributed by atoms with Gasteiger partial charge >= 0.3 is 5.97 Å². The maximum absolute atomic E-state index is 11.9. The number of carboxylic acids is 1. The van der Waals surface area contributed by atoms with Gasteiger partial charge in [0.05, 0.1) is 6.54 Å². The van der Waals surface area contributed by atoms with Crippen LogP contribution in [0.15, 0.2) is 16.9 Å². The SMILES string of the molecule is NCCN(CC(=O)C(=O)O)C(=O)CCNc1ccc(=O)[nH]n1. The number of nitrogens with one attached hydrogen (secondary N) is 2. The van der Waals surface area contributed by atoms with E-state index in [1.165, 1.54) is 12.1 Å². The number of carbonyl (C=O) groups excluding carboxylic acids is 2. The Morgan fingerprint density at radius 1 is 1.36 bits per heavy atom. The maximum Gasteiger partial charge on any atom is 0.374 e. The first-order valence-corrected chi connectivity index (χ1v) is 6.47. The van der Waals surface area contributed by atoms with Crippen LogP contribution in [-0.4, -0.2) is 64.0 Å². The van der Waals surface area contributed by atoms with Gasteiger partial charge < -0.3 is 21.1 Å². The number of amides is 1. The zero-order valence-corrected chi connectivity index (χ0v) is 11.7. The molecule has 1 aromatic rings. The molecule has 22 heavy (non-hydrogen) atoms. The first-order valence-electron chi connectivity index (χ1n) is 6.47. The van der Waals surface area contributed by atoms with Crippen LogP contribution in [0, 0.1) is 0 Å². The number of aromatic nitrogens is 2. The van der Waals surface area contributed by atoms with Crippen LogP contribution in [0.1, 0.15) is 6.42 Å². The normalized spacial score (nSPS) is 10.0. The summed E-state index contributed by atoms with van der Waals surface area (Å²) < 4.78 is 0. The molecule has 10 heteroatoms. The summed E-state index contributed by atoms with van der Waals surface area (Å²) in [6, 6.07) is 2.73. The monoisotopic (exact) mass is 311 g/mol. The fourth-order valence-electron chi connectivity index (χ4n) is 1.59. The highest BCUT2D eigenvalue weighted by atomic mass is 16.4. The lowest BCUT2D eigenvalue weighted by atomic mass is 10.3. The lowest BCUT2D eigenvalue weighted by Gasteiger charge is -2.20. The minimum absolute atomic E-state index is 0.0215. The highest BCUT2D eigenvalue weighted by molar-refractivity contribution is 6.33. The van der Waals surface area contributed by atoms with Gasteiger partial charge in [-0.05, 0) is 6.07 Å². The first-order chi connectivity index (χ1) is 10.4. The van der Waals surface area contributed by atoms with Crippen molar-refractivity contribution >= 4 is 23.5 Å². The Labute approximate surface area is 125 Å². The Hall–Kier alpha value is -2.75. The summed E-state index contributed by atoms with van der Waals surface area (Å²) in [7, 11) is 0. The number of carbonyl (C=O) groups is 3. The van der Waals surface area contributed by atoms with Gasteiger partial charge in [-0.2, -0.15) is 5.10 Å². The molecule has 120 valence electrons. The predicted molar refractivity (Wildman–Crippen MR) is 76.2 cm³/mol. The molecule has 1 heterocycles. The van der Waals surface area contributed by atoms with Crippen molar-refractivity contribution in [2.24, 2.45) is 5.73 Å². The van der Waals surface area contributed by atoms with Gasteiger partial charge in [0.15, 0.2) is 0 Å². The smallest absolute Gasteiger partial charge is 0.374 e. The van der Waals surface area contributed by atoms with E-state index in [-0.39, 0.29) is 31.6 Å². The molecule has 0 saturated heterocycles. The minimum Gasteiger partial charge on any atom is -0.475 e. The number of aliphatic carboxylic acids is 1. The minimum atomic E-state index is -1.59. The zero-order valence-electron chi connectivity index (χ0n) is 11.7. The summed E-state index contributed by atoms with van der Waals surface area (Å²) in [5.41, 5.74) is 5.00. The fourth-order valence-corrected chi connectivity index (χ4v) is 1.59. The Morgan fingerprint density at radius 3 is 2.64 bits per heavy atom. The molecule has 0 fully saturated rings. The third-order valence-electron chi connectivity index (χ3n) is 2.65. The molecule has 0 aliphatic heterocycles. The van der Waals surface area contributed by atoms with Crippen LogP contribution in [0.3, 0.4) is 0 Å². The number of ketones is 1. The summed E-state index contributed by atoms with van der Waals surface area (Å²) in [6.07, 6.45) is 0.0215. The van der Waals surface area contributed by atoms with Crippen LogP contribution in [-0.2, 0) is 14.4 Å². The Kier molecular flexibility index (Phi) is 6.70. The molecule has 0 unspecified atom stereocenters. The maximum atomic E-state index is 11.9. The Balaban J connectivity index is 2.49. The van der Waals surface area contributed by atoms with Crippen molar-refractivity contribution in [3.63, 3.8) is 0 Å². The molecule has 1 amide bonds. The van der Waals surface area contributed by atoms with Crippen molar-refractivity contribution in [3.05, 3.63) is 22.5 Å². The molecule has 0 bridgehead atoms. The summed E-state index contributed by atoms with van der Waals surface area (Å²) in [6.45, 7) is -0.0925. The quantitative estimate of drug-likeness (QED) is 0.382. The van der Waals surface area contributed by atoms with E-state index in [1.54, 1.807) is 0 Å². The standard InChI is InChI=1S/C12H17N5O5/c13-4-6-17(7-8(18)12(21)22)11(20)3-5-14-9-1-2-10(19)16-15-9/h1-2H,3-7,13H2,(H,14,15)(H,16,19)(H,21,22). The van der Waals surface area contributed by atoms with Crippen LogP contribution >= 0.6 is 0 Å². The number of hydrogen-bond acceptors (Lipinski definition) is 7. The van der Waals surface area contributed by atoms with E-state index in [2.05, 4.69) is 15.5 Å². The van der Waals surface area contributed by atoms with Gasteiger partial charge in [0.25, 0.3) is 11.3 Å². The molecule has 0 saturated carbocycles. The van der Waals surface area contributed by atoms with Crippen molar-refractivity contribution in [2.75, 3.05) is 31.5 Å². The number of hydrogen-bond donors (Lipinski definition) is 4. The van der Waals surface area contributed by atoms with Gasteiger partial charge in [-0.3, -0.25) is 14.4 Å². The predicted octanol–water partition coefficient (Wildman–Crippen LogP) is -1.99. The van der Waals surface area contributed by atoms with E-state index in [9.17, 15) is 19.2 Å². The second-order valence-electron chi connectivity index (χ2n) is 4.32. The molecule has 5 N–H and O–H groups in total. The highest BCUT2D eigenvalue weighted by Crippen LogP contribution is 1.99. The molecular formula is C12H17N5O5. The lowest BCUT2D eigenvalue weighted by molar-refractivity contribution is -0.150. The van der Waals surface area contributed by atoms with Crippen molar-refractivity contribution in [3.8, 4) is 0 Å². The topological polar surface area (TPSA) is 158 Å². The molecule has 0 aliphatic carbocycles. The van der Waals surface area contributed by atoms with Crippen LogP contribution < -0.4 is 16.6 Å². The van der Waals surface area contributed by atoms with Crippen LogP contribution in [0.4, 0.5) is 5.82 Å². The Morgan fingerprint density at radius 2 is 2.09 bits per heavy atom. The van der Waals surface area contributed by atoms with Gasteiger partial charge in [-0.25, -0.2) is 9.89 Å². The molecule has 0 spiro atoms. The number of aromatic amines is 1. The summed E-state index contributed by atoms with van der Waals surface area (Å²) in [4.78, 5) is 45.5. The Bertz CT molecular complexity index is 579. The van der Waals surface area contributed by atoms with E-state index in [0.29, 0.717) is 5.82 Å². The fraction of sp³-hybridized carbons (Fsp3) is 0.417. The zero-order chi connectivity index (χ0) is 16.5. The van der Waals surface area contributed by atoms with E-state index >= 15 is 0 Å². The van der Waals surface area contributed by atoms with Gasteiger partial charge in [0.1, 0.15) is 5.82 Å². The number of carboxylic acid groups (broad SMARTS) is 1.